The number of anilines is 4. The molecule has 0 saturated heterocycles. The Balaban J connectivity index is 1.65. The summed E-state index contributed by atoms with van der Waals surface area (Å²) in [6, 6.07) is 12.2. The second-order valence-corrected chi connectivity index (χ2v) is 7.74. The van der Waals surface area contributed by atoms with Crippen molar-refractivity contribution in [2.24, 2.45) is 0 Å². The third-order valence-corrected chi connectivity index (χ3v) is 5.24. The highest BCUT2D eigenvalue weighted by molar-refractivity contribution is 6.31. The van der Waals surface area contributed by atoms with Gasteiger partial charge in [0.1, 0.15) is 11.6 Å². The fourth-order valence-electron chi connectivity index (χ4n) is 3.43. The molecule has 1 aliphatic heterocycles. The number of rotatable bonds is 5. The first kappa shape index (κ1) is 21.4. The molecule has 0 radical (unpaired) electrons. The van der Waals surface area contributed by atoms with Crippen molar-refractivity contribution in [3.63, 3.8) is 0 Å². The molecule has 4 N–H and O–H groups in total. The average Bonchev–Trinajstić information content (AvgIpc) is 2.74. The molecule has 164 valence electrons. The minimum Gasteiger partial charge on any atom is -0.495 e. The first-order chi connectivity index (χ1) is 15.3. The van der Waals surface area contributed by atoms with E-state index >= 15 is 0 Å². The number of aromatic nitrogens is 2. The van der Waals surface area contributed by atoms with Crippen molar-refractivity contribution in [1.82, 2.24) is 9.97 Å². The van der Waals surface area contributed by atoms with Gasteiger partial charge >= 0.3 is 0 Å². The predicted molar refractivity (Wildman–Crippen MR) is 122 cm³/mol. The summed E-state index contributed by atoms with van der Waals surface area (Å²) in [7, 11) is 1.46. The van der Waals surface area contributed by atoms with Gasteiger partial charge in [-0.2, -0.15) is 4.98 Å². The van der Waals surface area contributed by atoms with Crippen molar-refractivity contribution in [2.45, 2.75) is 19.3 Å². The Bertz CT molecular complexity index is 1260. The first-order valence-corrected chi connectivity index (χ1v) is 10.1. The lowest BCUT2D eigenvalue weighted by Crippen LogP contribution is -2.36. The van der Waals surface area contributed by atoms with E-state index in [4.69, 9.17) is 16.3 Å². The molecule has 0 unspecified atom stereocenters. The molecule has 0 spiro atoms. The van der Waals surface area contributed by atoms with Gasteiger partial charge in [0, 0.05) is 17.1 Å². The third-order valence-electron chi connectivity index (χ3n) is 5.00. The van der Waals surface area contributed by atoms with Crippen LogP contribution >= 0.6 is 11.6 Å². The van der Waals surface area contributed by atoms with Crippen molar-refractivity contribution < 1.29 is 14.3 Å². The van der Waals surface area contributed by atoms with Crippen molar-refractivity contribution in [1.29, 1.82) is 0 Å². The number of carbonyl (C=O) groups is 2. The fourth-order valence-corrected chi connectivity index (χ4v) is 3.60. The van der Waals surface area contributed by atoms with E-state index < -0.39 is 23.3 Å². The zero-order valence-electron chi connectivity index (χ0n) is 17.3. The van der Waals surface area contributed by atoms with Gasteiger partial charge in [0.25, 0.3) is 5.56 Å². The van der Waals surface area contributed by atoms with Gasteiger partial charge in [0.05, 0.1) is 24.3 Å². The number of H-pyrrole nitrogens is 1. The van der Waals surface area contributed by atoms with Gasteiger partial charge in [-0.25, -0.2) is 0 Å². The SMILES string of the molecule is COc1ccc(Cl)cc1NC(=O)[C@@H]1CC(=O)Nc2nc(Nc3ccc(C)cc3)[nH]c(=O)c21. The van der Waals surface area contributed by atoms with Crippen LogP contribution in [0.5, 0.6) is 5.75 Å². The molecule has 0 aliphatic carbocycles. The molecule has 2 amide bonds. The summed E-state index contributed by atoms with van der Waals surface area (Å²) in [6.07, 6.45) is -0.197. The van der Waals surface area contributed by atoms with Crippen LogP contribution in [0, 0.1) is 6.92 Å². The number of benzene rings is 2. The number of aryl methyl sites for hydroxylation is 1. The molecule has 9 nitrogen and oxygen atoms in total. The minimum absolute atomic E-state index is 0.0396. The molecular formula is C22H20ClN5O4. The molecule has 10 heteroatoms. The van der Waals surface area contributed by atoms with Gasteiger partial charge in [-0.15, -0.1) is 0 Å². The van der Waals surface area contributed by atoms with Gasteiger partial charge in [-0.3, -0.25) is 19.4 Å². The van der Waals surface area contributed by atoms with Gasteiger partial charge in [0.2, 0.25) is 17.8 Å². The number of nitrogens with zero attached hydrogens (tertiary/aromatic N) is 1. The summed E-state index contributed by atoms with van der Waals surface area (Å²) in [4.78, 5) is 45.1. The lowest BCUT2D eigenvalue weighted by molar-refractivity contribution is -0.123. The van der Waals surface area contributed by atoms with Crippen LogP contribution < -0.4 is 26.2 Å². The number of nitrogens with one attached hydrogen (secondary N) is 4. The highest BCUT2D eigenvalue weighted by Gasteiger charge is 2.35. The zero-order valence-corrected chi connectivity index (χ0v) is 18.0. The van der Waals surface area contributed by atoms with Crippen LogP contribution in [0.3, 0.4) is 0 Å². The maximum atomic E-state index is 13.0. The molecule has 1 aliphatic rings. The highest BCUT2D eigenvalue weighted by Crippen LogP contribution is 2.33. The maximum absolute atomic E-state index is 13.0. The smallest absolute Gasteiger partial charge is 0.258 e. The molecule has 1 aromatic heterocycles. The summed E-state index contributed by atoms with van der Waals surface area (Å²) in [6.45, 7) is 1.96. The van der Waals surface area contributed by atoms with Gasteiger partial charge in [0.15, 0.2) is 0 Å². The van der Waals surface area contributed by atoms with Crippen LogP contribution in [0.15, 0.2) is 47.3 Å². The number of halogens is 1. The summed E-state index contributed by atoms with van der Waals surface area (Å²) in [5, 5.41) is 8.67. The van der Waals surface area contributed by atoms with Crippen molar-refractivity contribution >= 4 is 46.6 Å². The van der Waals surface area contributed by atoms with Gasteiger partial charge < -0.3 is 20.7 Å². The fraction of sp³-hybridized carbons (Fsp3) is 0.182. The molecule has 0 fully saturated rings. The van der Waals surface area contributed by atoms with E-state index in [0.29, 0.717) is 22.1 Å². The zero-order chi connectivity index (χ0) is 22.8. The lowest BCUT2D eigenvalue weighted by atomic mass is 9.92. The van der Waals surface area contributed by atoms with E-state index in [2.05, 4.69) is 25.9 Å². The topological polar surface area (TPSA) is 125 Å². The summed E-state index contributed by atoms with van der Waals surface area (Å²) in [5.41, 5.74) is 1.68. The molecule has 3 aromatic rings. The monoisotopic (exact) mass is 453 g/mol. The van der Waals surface area contributed by atoms with Crippen LogP contribution in [-0.4, -0.2) is 28.9 Å². The Kier molecular flexibility index (Phi) is 5.83. The van der Waals surface area contributed by atoms with Crippen LogP contribution in [-0.2, 0) is 9.59 Å². The van der Waals surface area contributed by atoms with E-state index in [0.717, 1.165) is 5.56 Å². The van der Waals surface area contributed by atoms with E-state index in [9.17, 15) is 14.4 Å². The normalized spacial score (nSPS) is 14.8. The Hall–Kier alpha value is -3.85. The van der Waals surface area contributed by atoms with Gasteiger partial charge in [-0.1, -0.05) is 29.3 Å². The van der Waals surface area contributed by atoms with Crippen molar-refractivity contribution in [3.8, 4) is 5.75 Å². The van der Waals surface area contributed by atoms with Crippen molar-refractivity contribution in [3.05, 3.63) is 69.0 Å². The largest absolute Gasteiger partial charge is 0.495 e. The quantitative estimate of drug-likeness (QED) is 0.468. The molecular weight excluding hydrogens is 434 g/mol. The Labute approximate surface area is 188 Å². The summed E-state index contributed by atoms with van der Waals surface area (Å²) >= 11 is 6.02. The van der Waals surface area contributed by atoms with Crippen LogP contribution in [0.1, 0.15) is 23.5 Å². The lowest BCUT2D eigenvalue weighted by Gasteiger charge is -2.24. The van der Waals surface area contributed by atoms with Crippen LogP contribution in [0.2, 0.25) is 5.02 Å². The average molecular weight is 454 g/mol. The Morgan fingerprint density at radius 2 is 1.94 bits per heavy atom. The summed E-state index contributed by atoms with van der Waals surface area (Å²) < 4.78 is 5.24. The maximum Gasteiger partial charge on any atom is 0.258 e. The van der Waals surface area contributed by atoms with E-state index in [1.807, 2.05) is 31.2 Å². The van der Waals surface area contributed by atoms with E-state index in [1.54, 1.807) is 12.1 Å². The molecule has 32 heavy (non-hydrogen) atoms. The number of amides is 2. The Morgan fingerprint density at radius 1 is 1.19 bits per heavy atom. The van der Waals surface area contributed by atoms with Crippen LogP contribution in [0.25, 0.3) is 0 Å². The molecule has 2 aromatic carbocycles. The number of aromatic amines is 1. The second kappa shape index (κ2) is 8.72. The third kappa shape index (κ3) is 4.42. The molecule has 0 saturated carbocycles. The summed E-state index contributed by atoms with van der Waals surface area (Å²) in [5.74, 6) is -1.42. The molecule has 1 atom stereocenters. The molecule has 2 heterocycles. The van der Waals surface area contributed by atoms with Crippen molar-refractivity contribution in [2.75, 3.05) is 23.1 Å². The second-order valence-electron chi connectivity index (χ2n) is 7.31. The number of hydrogen-bond donors (Lipinski definition) is 4. The Morgan fingerprint density at radius 3 is 2.66 bits per heavy atom. The van der Waals surface area contributed by atoms with Gasteiger partial charge in [-0.05, 0) is 37.3 Å². The highest BCUT2D eigenvalue weighted by atomic mass is 35.5. The van der Waals surface area contributed by atoms with E-state index in [1.165, 1.54) is 13.2 Å². The molecule has 0 bridgehead atoms. The van der Waals surface area contributed by atoms with E-state index in [-0.39, 0.29) is 23.8 Å². The minimum atomic E-state index is -1.04. The number of carbonyl (C=O) groups excluding carboxylic acids is 2. The first-order valence-electron chi connectivity index (χ1n) is 9.76. The molecule has 4 rings (SSSR count). The number of fused-ring (bicyclic) bond motifs is 1. The predicted octanol–water partition coefficient (Wildman–Crippen LogP) is 3.55. The standard InChI is InChI=1S/C22H20ClN5O4/c1-11-3-6-13(7-4-11)24-22-27-19-18(21(31)28-22)14(10-17(29)26-19)20(30)25-15-9-12(23)5-8-16(15)32-2/h3-9,14H,10H2,1-2H3,(H,25,30)(H3,24,26,27,28,29,31)/t14-/m1/s1. The number of ether oxygens (including phenoxy) is 1. The number of hydrogen-bond acceptors (Lipinski definition) is 6. The number of methoxy groups -OCH3 is 1. The van der Waals surface area contributed by atoms with Crippen LogP contribution in [0.4, 0.5) is 23.1 Å².